The number of carbonyl (C=O) groups is 1. The summed E-state index contributed by atoms with van der Waals surface area (Å²) in [5.74, 6) is 0.244. The molecule has 0 spiro atoms. The normalized spacial score (nSPS) is 10.1. The lowest BCUT2D eigenvalue weighted by Crippen LogP contribution is -2.26. The van der Waals surface area contributed by atoms with Crippen LogP contribution in [0.5, 0.6) is 0 Å². The highest BCUT2D eigenvalue weighted by Gasteiger charge is 2.13. The number of benzene rings is 1. The largest absolute Gasteiger partial charge is 0.384 e. The topological polar surface area (TPSA) is 59.2 Å². The van der Waals surface area contributed by atoms with E-state index in [1.54, 1.807) is 24.1 Å². The molecule has 1 aromatic carbocycles. The van der Waals surface area contributed by atoms with Crippen LogP contribution in [0.4, 0.5) is 11.5 Å². The Bertz CT molecular complexity index is 581. The quantitative estimate of drug-likeness (QED) is 0.877. The summed E-state index contributed by atoms with van der Waals surface area (Å²) < 4.78 is 0. The van der Waals surface area contributed by atoms with Crippen molar-refractivity contribution in [3.63, 3.8) is 0 Å². The monoisotopic (exact) mass is 241 g/mol. The first-order valence-corrected chi connectivity index (χ1v) is 5.64. The van der Waals surface area contributed by atoms with Crippen LogP contribution in [0, 0.1) is 6.92 Å². The molecule has 0 saturated heterocycles. The summed E-state index contributed by atoms with van der Waals surface area (Å²) in [4.78, 5) is 17.7. The van der Waals surface area contributed by atoms with Gasteiger partial charge in [0.15, 0.2) is 0 Å². The molecule has 2 aromatic rings. The standard InChI is InChI=1S/C14H15N3O/c1-10-4-3-5-12(8-10)17(2)14(18)11-6-7-16-13(15)9-11/h3-9H,1-2H3,(H2,15,16). The number of carbonyl (C=O) groups excluding carboxylic acids is 1. The van der Waals surface area contributed by atoms with E-state index < -0.39 is 0 Å². The van der Waals surface area contributed by atoms with E-state index >= 15 is 0 Å². The highest BCUT2D eigenvalue weighted by atomic mass is 16.2. The van der Waals surface area contributed by atoms with Crippen molar-refractivity contribution in [1.29, 1.82) is 0 Å². The van der Waals surface area contributed by atoms with Gasteiger partial charge in [-0.05, 0) is 36.8 Å². The van der Waals surface area contributed by atoms with Crippen molar-refractivity contribution in [3.05, 3.63) is 53.7 Å². The van der Waals surface area contributed by atoms with Gasteiger partial charge in [0.25, 0.3) is 5.91 Å². The average Bonchev–Trinajstić information content (AvgIpc) is 2.37. The predicted molar refractivity (Wildman–Crippen MR) is 72.6 cm³/mol. The molecule has 0 saturated carbocycles. The minimum atomic E-state index is -0.102. The van der Waals surface area contributed by atoms with Crippen LogP contribution < -0.4 is 10.6 Å². The number of anilines is 2. The van der Waals surface area contributed by atoms with Crippen molar-refractivity contribution < 1.29 is 4.79 Å². The number of hydrogen-bond donors (Lipinski definition) is 1. The van der Waals surface area contributed by atoms with Gasteiger partial charge >= 0.3 is 0 Å². The van der Waals surface area contributed by atoms with E-state index in [9.17, 15) is 4.79 Å². The van der Waals surface area contributed by atoms with Gasteiger partial charge in [-0.15, -0.1) is 0 Å². The molecule has 4 heteroatoms. The Kier molecular flexibility index (Phi) is 3.28. The highest BCUT2D eigenvalue weighted by Crippen LogP contribution is 2.17. The van der Waals surface area contributed by atoms with E-state index in [4.69, 9.17) is 5.73 Å². The highest BCUT2D eigenvalue weighted by molar-refractivity contribution is 6.06. The lowest BCUT2D eigenvalue weighted by Gasteiger charge is -2.17. The second-order valence-electron chi connectivity index (χ2n) is 4.17. The molecular formula is C14H15N3O. The summed E-state index contributed by atoms with van der Waals surface area (Å²) in [6.45, 7) is 1.99. The molecule has 4 nitrogen and oxygen atoms in total. The van der Waals surface area contributed by atoms with Crippen LogP contribution >= 0.6 is 0 Å². The zero-order valence-electron chi connectivity index (χ0n) is 10.4. The first kappa shape index (κ1) is 12.1. The fraction of sp³-hybridized carbons (Fsp3) is 0.143. The fourth-order valence-electron chi connectivity index (χ4n) is 1.73. The lowest BCUT2D eigenvalue weighted by atomic mass is 10.2. The van der Waals surface area contributed by atoms with Crippen LogP contribution in [-0.4, -0.2) is 17.9 Å². The molecule has 0 fully saturated rings. The molecule has 1 aromatic heterocycles. The third kappa shape index (κ3) is 2.48. The van der Waals surface area contributed by atoms with Crippen LogP contribution in [0.15, 0.2) is 42.6 Å². The number of aromatic nitrogens is 1. The molecule has 0 unspecified atom stereocenters. The number of nitrogen functional groups attached to an aromatic ring is 1. The Labute approximate surface area is 106 Å². The Morgan fingerprint density at radius 3 is 2.72 bits per heavy atom. The number of aryl methyl sites for hydroxylation is 1. The Balaban J connectivity index is 2.29. The second-order valence-corrected chi connectivity index (χ2v) is 4.17. The molecule has 18 heavy (non-hydrogen) atoms. The number of nitrogens with zero attached hydrogens (tertiary/aromatic N) is 2. The van der Waals surface area contributed by atoms with Crippen LogP contribution in [0.1, 0.15) is 15.9 Å². The molecule has 1 amide bonds. The summed E-state index contributed by atoms with van der Waals surface area (Å²) in [6, 6.07) is 11.0. The zero-order valence-corrected chi connectivity index (χ0v) is 10.4. The maximum absolute atomic E-state index is 12.3. The van der Waals surface area contributed by atoms with E-state index in [0.717, 1.165) is 11.3 Å². The van der Waals surface area contributed by atoms with Gasteiger partial charge in [0.1, 0.15) is 5.82 Å². The average molecular weight is 241 g/mol. The molecular weight excluding hydrogens is 226 g/mol. The third-order valence-corrected chi connectivity index (χ3v) is 2.72. The summed E-state index contributed by atoms with van der Waals surface area (Å²) in [5.41, 5.74) is 8.08. The first-order chi connectivity index (χ1) is 8.58. The minimum Gasteiger partial charge on any atom is -0.384 e. The molecule has 92 valence electrons. The molecule has 2 rings (SSSR count). The van der Waals surface area contributed by atoms with Crippen molar-refractivity contribution in [3.8, 4) is 0 Å². The predicted octanol–water partition coefficient (Wildman–Crippen LogP) is 2.25. The number of rotatable bonds is 2. The van der Waals surface area contributed by atoms with Gasteiger partial charge in [-0.3, -0.25) is 4.79 Å². The van der Waals surface area contributed by atoms with Crippen LogP contribution in [-0.2, 0) is 0 Å². The van der Waals surface area contributed by atoms with Crippen molar-refractivity contribution >= 4 is 17.4 Å². The summed E-state index contributed by atoms with van der Waals surface area (Å²) in [5, 5.41) is 0. The van der Waals surface area contributed by atoms with Gasteiger partial charge in [0, 0.05) is 24.5 Å². The Hall–Kier alpha value is -2.36. The first-order valence-electron chi connectivity index (χ1n) is 5.64. The SMILES string of the molecule is Cc1cccc(N(C)C(=O)c2ccnc(N)c2)c1. The van der Waals surface area contributed by atoms with Gasteiger partial charge in [-0.25, -0.2) is 4.98 Å². The number of amides is 1. The lowest BCUT2D eigenvalue weighted by molar-refractivity contribution is 0.0993. The molecule has 0 radical (unpaired) electrons. The Morgan fingerprint density at radius 1 is 1.28 bits per heavy atom. The van der Waals surface area contributed by atoms with E-state index in [-0.39, 0.29) is 5.91 Å². The van der Waals surface area contributed by atoms with Crippen molar-refractivity contribution in [2.45, 2.75) is 6.92 Å². The van der Waals surface area contributed by atoms with Crippen molar-refractivity contribution in [2.24, 2.45) is 0 Å². The molecule has 0 atom stereocenters. The van der Waals surface area contributed by atoms with E-state index in [1.807, 2.05) is 31.2 Å². The summed E-state index contributed by atoms with van der Waals surface area (Å²) in [6.07, 6.45) is 1.53. The van der Waals surface area contributed by atoms with Gasteiger partial charge in [0.05, 0.1) is 0 Å². The molecule has 0 aliphatic heterocycles. The number of pyridine rings is 1. The molecule has 0 aliphatic rings. The maximum atomic E-state index is 12.3. The van der Waals surface area contributed by atoms with Crippen LogP contribution in [0.3, 0.4) is 0 Å². The van der Waals surface area contributed by atoms with Gasteiger partial charge < -0.3 is 10.6 Å². The number of nitrogens with two attached hydrogens (primary N) is 1. The summed E-state index contributed by atoms with van der Waals surface area (Å²) in [7, 11) is 1.74. The second kappa shape index (κ2) is 4.87. The van der Waals surface area contributed by atoms with E-state index in [0.29, 0.717) is 11.4 Å². The molecule has 0 aliphatic carbocycles. The molecule has 0 bridgehead atoms. The molecule has 1 heterocycles. The van der Waals surface area contributed by atoms with Gasteiger partial charge in [-0.1, -0.05) is 12.1 Å². The third-order valence-electron chi connectivity index (χ3n) is 2.72. The van der Waals surface area contributed by atoms with Crippen LogP contribution in [0.2, 0.25) is 0 Å². The fourth-order valence-corrected chi connectivity index (χ4v) is 1.73. The maximum Gasteiger partial charge on any atom is 0.258 e. The summed E-state index contributed by atoms with van der Waals surface area (Å²) >= 11 is 0. The smallest absolute Gasteiger partial charge is 0.258 e. The van der Waals surface area contributed by atoms with Crippen LogP contribution in [0.25, 0.3) is 0 Å². The van der Waals surface area contributed by atoms with E-state index in [1.165, 1.54) is 6.20 Å². The van der Waals surface area contributed by atoms with E-state index in [2.05, 4.69) is 4.98 Å². The van der Waals surface area contributed by atoms with Crippen molar-refractivity contribution in [1.82, 2.24) is 4.98 Å². The van der Waals surface area contributed by atoms with Gasteiger partial charge in [0.2, 0.25) is 0 Å². The molecule has 2 N–H and O–H groups in total. The Morgan fingerprint density at radius 2 is 2.06 bits per heavy atom. The van der Waals surface area contributed by atoms with Crippen molar-refractivity contribution in [2.75, 3.05) is 17.7 Å². The zero-order chi connectivity index (χ0) is 13.1. The van der Waals surface area contributed by atoms with Gasteiger partial charge in [-0.2, -0.15) is 0 Å². The number of hydrogen-bond acceptors (Lipinski definition) is 3. The minimum absolute atomic E-state index is 0.102.